The van der Waals surface area contributed by atoms with Gasteiger partial charge in [-0.05, 0) is 75.5 Å². The van der Waals surface area contributed by atoms with Crippen LogP contribution in [0.1, 0.15) is 15.9 Å². The standard InChI is InChI=1S/C34H23F3N4O5S2/c35-27-16-23(41-48(45,46)24-6-3-19(4-7-24)20-9-12-38-30(37)15-20)17-28(36)31(27)33(42)40-29(34(43)44)14-21-5-8-26(22-10-13-47-18-22)32-25(21)2-1-11-39-32/h1-13,15-18,29,41H,14H2,(H,40,42)(H,43,44). The molecule has 1 atom stereocenters. The fourth-order valence-electron chi connectivity index (χ4n) is 5.18. The normalized spacial score (nSPS) is 12.1. The quantitative estimate of drug-likeness (QED) is 0.137. The average Bonchev–Trinajstić information content (AvgIpc) is 3.59. The summed E-state index contributed by atoms with van der Waals surface area (Å²) in [6, 6.07) is 16.6. The highest BCUT2D eigenvalue weighted by Crippen LogP contribution is 2.31. The third-order valence-electron chi connectivity index (χ3n) is 7.47. The van der Waals surface area contributed by atoms with Crippen LogP contribution in [0.3, 0.4) is 0 Å². The highest BCUT2D eigenvalue weighted by molar-refractivity contribution is 7.92. The molecule has 0 saturated carbocycles. The molecule has 3 heterocycles. The molecular formula is C34H23F3N4O5S2. The highest BCUT2D eigenvalue weighted by Gasteiger charge is 2.27. The van der Waals surface area contributed by atoms with Gasteiger partial charge in [0.05, 0.1) is 16.1 Å². The lowest BCUT2D eigenvalue weighted by Crippen LogP contribution is -2.43. The van der Waals surface area contributed by atoms with Crippen molar-refractivity contribution in [1.82, 2.24) is 15.3 Å². The van der Waals surface area contributed by atoms with Gasteiger partial charge in [0.25, 0.3) is 15.9 Å². The summed E-state index contributed by atoms with van der Waals surface area (Å²) < 4.78 is 71.7. The van der Waals surface area contributed by atoms with Crippen molar-refractivity contribution in [2.75, 3.05) is 4.72 Å². The monoisotopic (exact) mass is 688 g/mol. The number of benzene rings is 3. The van der Waals surface area contributed by atoms with Crippen molar-refractivity contribution in [3.05, 3.63) is 131 Å². The summed E-state index contributed by atoms with van der Waals surface area (Å²) in [7, 11) is -4.34. The van der Waals surface area contributed by atoms with Crippen LogP contribution in [0, 0.1) is 17.6 Å². The fourth-order valence-corrected chi connectivity index (χ4v) is 6.88. The van der Waals surface area contributed by atoms with Gasteiger partial charge < -0.3 is 10.4 Å². The van der Waals surface area contributed by atoms with Crippen molar-refractivity contribution in [2.24, 2.45) is 0 Å². The molecule has 0 radical (unpaired) electrons. The van der Waals surface area contributed by atoms with Crippen LogP contribution in [-0.4, -0.2) is 41.4 Å². The molecule has 0 aliphatic heterocycles. The van der Waals surface area contributed by atoms with Gasteiger partial charge >= 0.3 is 5.97 Å². The maximum Gasteiger partial charge on any atom is 0.326 e. The molecule has 3 N–H and O–H groups in total. The zero-order valence-corrected chi connectivity index (χ0v) is 26.2. The van der Waals surface area contributed by atoms with Crippen LogP contribution >= 0.6 is 11.3 Å². The molecule has 0 bridgehead atoms. The Morgan fingerprint density at radius 1 is 0.854 bits per heavy atom. The number of carboxylic acids is 1. The molecule has 3 aromatic heterocycles. The van der Waals surface area contributed by atoms with E-state index in [-0.39, 0.29) is 11.3 Å². The molecule has 9 nitrogen and oxygen atoms in total. The van der Waals surface area contributed by atoms with Crippen LogP contribution < -0.4 is 10.0 Å². The molecule has 0 aliphatic carbocycles. The first kappa shape index (κ1) is 32.3. The minimum atomic E-state index is -4.34. The van der Waals surface area contributed by atoms with E-state index in [2.05, 4.69) is 20.0 Å². The van der Waals surface area contributed by atoms with Gasteiger partial charge in [-0.15, -0.1) is 0 Å². The van der Waals surface area contributed by atoms with Crippen molar-refractivity contribution in [3.63, 3.8) is 0 Å². The molecule has 0 aliphatic rings. The molecule has 0 fully saturated rings. The Morgan fingerprint density at radius 2 is 1.60 bits per heavy atom. The Hall–Kier alpha value is -5.60. The van der Waals surface area contributed by atoms with Crippen LogP contribution in [0.2, 0.25) is 0 Å². The van der Waals surface area contributed by atoms with Crippen LogP contribution in [-0.2, 0) is 21.2 Å². The number of aliphatic carboxylic acids is 1. The van der Waals surface area contributed by atoms with Gasteiger partial charge in [0.15, 0.2) is 0 Å². The van der Waals surface area contributed by atoms with Gasteiger partial charge in [-0.1, -0.05) is 30.3 Å². The molecule has 6 aromatic rings. The summed E-state index contributed by atoms with van der Waals surface area (Å²) in [5.74, 6) is -6.32. The zero-order valence-electron chi connectivity index (χ0n) is 24.5. The van der Waals surface area contributed by atoms with E-state index in [0.29, 0.717) is 39.7 Å². The van der Waals surface area contributed by atoms with Crippen molar-refractivity contribution >= 4 is 49.8 Å². The number of sulfonamides is 1. The molecule has 0 spiro atoms. The SMILES string of the molecule is O=C(NC(Cc1ccc(-c2ccsc2)c2ncccc12)C(=O)O)c1c(F)cc(NS(=O)(=O)c2ccc(-c3ccnc(F)c3)cc2)cc1F. The second-order valence-electron chi connectivity index (χ2n) is 10.6. The van der Waals surface area contributed by atoms with Gasteiger partial charge in [-0.3, -0.25) is 14.5 Å². The number of rotatable bonds is 10. The molecule has 14 heteroatoms. The summed E-state index contributed by atoms with van der Waals surface area (Å²) in [5, 5.41) is 16.6. The maximum absolute atomic E-state index is 15.2. The molecule has 242 valence electrons. The number of nitrogens with one attached hydrogen (secondary N) is 2. The third kappa shape index (κ3) is 6.75. The van der Waals surface area contributed by atoms with Crippen LogP contribution in [0.15, 0.2) is 107 Å². The lowest BCUT2D eigenvalue weighted by molar-refractivity contribution is -0.139. The number of carboxylic acid groups (broad SMARTS) is 1. The predicted molar refractivity (Wildman–Crippen MR) is 174 cm³/mol. The Kier molecular flexibility index (Phi) is 8.93. The Bertz CT molecular complexity index is 2260. The minimum Gasteiger partial charge on any atom is -0.480 e. The Morgan fingerprint density at radius 3 is 2.27 bits per heavy atom. The first-order chi connectivity index (χ1) is 23.0. The minimum absolute atomic E-state index is 0.219. The van der Waals surface area contributed by atoms with E-state index in [4.69, 9.17) is 0 Å². The number of thiophene rings is 1. The Labute approximate surface area is 275 Å². The number of carbonyl (C=O) groups is 2. The van der Waals surface area contributed by atoms with Gasteiger partial charge in [-0.2, -0.15) is 15.7 Å². The number of aromatic nitrogens is 2. The first-order valence-electron chi connectivity index (χ1n) is 14.2. The zero-order chi connectivity index (χ0) is 34.0. The van der Waals surface area contributed by atoms with Crippen molar-refractivity contribution in [1.29, 1.82) is 0 Å². The van der Waals surface area contributed by atoms with Crippen LogP contribution in [0.4, 0.5) is 18.9 Å². The molecular weight excluding hydrogens is 666 g/mol. The molecule has 1 unspecified atom stereocenters. The number of halogens is 3. The summed E-state index contributed by atoms with van der Waals surface area (Å²) in [4.78, 5) is 32.9. The number of fused-ring (bicyclic) bond motifs is 1. The summed E-state index contributed by atoms with van der Waals surface area (Å²) in [6.07, 6.45) is 2.65. The van der Waals surface area contributed by atoms with Gasteiger partial charge in [0, 0.05) is 35.8 Å². The van der Waals surface area contributed by atoms with E-state index in [9.17, 15) is 27.5 Å². The smallest absolute Gasteiger partial charge is 0.326 e. The van der Waals surface area contributed by atoms with Crippen molar-refractivity contribution < 1.29 is 36.3 Å². The Balaban J connectivity index is 1.20. The van der Waals surface area contributed by atoms with E-state index in [0.717, 1.165) is 11.1 Å². The van der Waals surface area contributed by atoms with Crippen molar-refractivity contribution in [2.45, 2.75) is 17.4 Å². The van der Waals surface area contributed by atoms with Crippen LogP contribution in [0.25, 0.3) is 33.2 Å². The lowest BCUT2D eigenvalue weighted by Gasteiger charge is -2.17. The van der Waals surface area contributed by atoms with E-state index < -0.39 is 56.8 Å². The number of carbonyl (C=O) groups excluding carboxylic acids is 1. The van der Waals surface area contributed by atoms with Gasteiger partial charge in [0.2, 0.25) is 5.95 Å². The van der Waals surface area contributed by atoms with Crippen molar-refractivity contribution in [3.8, 4) is 22.3 Å². The summed E-state index contributed by atoms with van der Waals surface area (Å²) >= 11 is 1.51. The van der Waals surface area contributed by atoms with E-state index in [1.165, 1.54) is 53.9 Å². The second kappa shape index (κ2) is 13.3. The van der Waals surface area contributed by atoms with Gasteiger partial charge in [0.1, 0.15) is 23.2 Å². The number of amides is 1. The number of hydrogen-bond donors (Lipinski definition) is 3. The van der Waals surface area contributed by atoms with Crippen LogP contribution in [0.5, 0.6) is 0 Å². The van der Waals surface area contributed by atoms with E-state index >= 15 is 8.78 Å². The third-order valence-corrected chi connectivity index (χ3v) is 9.55. The fraction of sp³-hybridized carbons (Fsp3) is 0.0588. The van der Waals surface area contributed by atoms with E-state index in [1.54, 1.807) is 30.5 Å². The highest BCUT2D eigenvalue weighted by atomic mass is 32.2. The summed E-state index contributed by atoms with van der Waals surface area (Å²) in [6.45, 7) is 0. The van der Waals surface area contributed by atoms with E-state index in [1.807, 2.05) is 16.8 Å². The lowest BCUT2D eigenvalue weighted by atomic mass is 9.96. The molecule has 6 rings (SSSR count). The van der Waals surface area contributed by atoms with Gasteiger partial charge in [-0.25, -0.2) is 27.0 Å². The largest absolute Gasteiger partial charge is 0.480 e. The number of nitrogens with zero attached hydrogens (tertiary/aromatic N) is 2. The maximum atomic E-state index is 15.2. The average molecular weight is 689 g/mol. The molecule has 1 amide bonds. The second-order valence-corrected chi connectivity index (χ2v) is 13.0. The number of hydrogen-bond acceptors (Lipinski definition) is 7. The number of pyridine rings is 2. The molecule has 0 saturated heterocycles. The first-order valence-corrected chi connectivity index (χ1v) is 16.6. The topological polar surface area (TPSA) is 138 Å². The number of anilines is 1. The predicted octanol–water partition coefficient (Wildman–Crippen LogP) is 6.67. The molecule has 48 heavy (non-hydrogen) atoms. The molecule has 3 aromatic carbocycles. The summed E-state index contributed by atoms with van der Waals surface area (Å²) in [5.41, 5.74) is 2.30.